The molecule has 0 aromatic rings. The van der Waals surface area contributed by atoms with Crippen LogP contribution in [-0.2, 0) is 4.79 Å². The van der Waals surface area contributed by atoms with Gasteiger partial charge >= 0.3 is 0 Å². The molecule has 0 heterocycles. The lowest BCUT2D eigenvalue weighted by Gasteiger charge is -2.56. The first kappa shape index (κ1) is 21.6. The van der Waals surface area contributed by atoms with Crippen molar-refractivity contribution in [1.82, 2.24) is 0 Å². The lowest BCUT2D eigenvalue weighted by molar-refractivity contribution is -0.124. The number of aliphatic hydroxyl groups is 1. The minimum absolute atomic E-state index is 0.0831. The quantitative estimate of drug-likeness (QED) is 0.521. The summed E-state index contributed by atoms with van der Waals surface area (Å²) in [6, 6.07) is 0. The fourth-order valence-electron chi connectivity index (χ4n) is 8.29. The van der Waals surface area contributed by atoms with Crippen molar-refractivity contribution in [2.75, 3.05) is 0 Å². The first-order valence-electron chi connectivity index (χ1n) is 12.6. The van der Waals surface area contributed by atoms with Gasteiger partial charge in [-0.2, -0.15) is 0 Å². The average Bonchev–Trinajstić information content (AvgIpc) is 2.92. The van der Waals surface area contributed by atoms with Gasteiger partial charge in [-0.05, 0) is 85.9 Å². The summed E-state index contributed by atoms with van der Waals surface area (Å²) >= 11 is 0. The SMILES string of the molecule is CC(C)CCC[C@@H](C)[C@H]1C(=O)CC2=C3CC[C@H]4C[C@@H](O)CC[C@]4(C)[C@H]3CC[C@@]21C. The zero-order valence-corrected chi connectivity index (χ0v) is 19.6. The van der Waals surface area contributed by atoms with Gasteiger partial charge in [0.1, 0.15) is 5.78 Å². The van der Waals surface area contributed by atoms with Crippen LogP contribution in [-0.4, -0.2) is 17.0 Å². The van der Waals surface area contributed by atoms with E-state index in [4.69, 9.17) is 0 Å². The first-order valence-corrected chi connectivity index (χ1v) is 12.6. The molecule has 3 fully saturated rings. The molecule has 0 saturated heterocycles. The summed E-state index contributed by atoms with van der Waals surface area (Å²) in [5.41, 5.74) is 3.74. The molecule has 0 aromatic heterocycles. The Labute approximate surface area is 178 Å². The number of carbonyl (C=O) groups excluding carboxylic acids is 1. The Morgan fingerprint density at radius 1 is 1.07 bits per heavy atom. The number of hydrogen-bond donors (Lipinski definition) is 1. The summed E-state index contributed by atoms with van der Waals surface area (Å²) in [6.07, 6.45) is 12.4. The van der Waals surface area contributed by atoms with E-state index < -0.39 is 0 Å². The molecule has 3 saturated carbocycles. The van der Waals surface area contributed by atoms with Gasteiger partial charge in [0.05, 0.1) is 6.10 Å². The molecular formula is C27H44O2. The standard InChI is InChI=1S/C27H44O2/c1-17(2)7-6-8-18(3)25-24(29)16-23-21-10-9-19-15-20(28)11-13-26(19,4)22(21)12-14-27(23,25)5/h17-20,22,25,28H,6-16H2,1-5H3/t18-,19+,20+,22+,25+,26+,27+/m1/s1. The lowest BCUT2D eigenvalue weighted by Crippen LogP contribution is -2.48. The highest BCUT2D eigenvalue weighted by molar-refractivity contribution is 5.89. The van der Waals surface area contributed by atoms with Crippen LogP contribution in [0, 0.1) is 40.4 Å². The van der Waals surface area contributed by atoms with Gasteiger partial charge < -0.3 is 5.11 Å². The van der Waals surface area contributed by atoms with Crippen molar-refractivity contribution in [2.24, 2.45) is 40.4 Å². The number of fused-ring (bicyclic) bond motifs is 4. The number of rotatable bonds is 5. The van der Waals surface area contributed by atoms with Crippen molar-refractivity contribution >= 4 is 5.78 Å². The molecule has 4 rings (SSSR count). The Bertz CT molecular complexity index is 676. The fraction of sp³-hybridized carbons (Fsp3) is 0.889. The predicted molar refractivity (Wildman–Crippen MR) is 120 cm³/mol. The van der Waals surface area contributed by atoms with E-state index in [-0.39, 0.29) is 17.4 Å². The molecule has 4 aliphatic rings. The summed E-state index contributed by atoms with van der Waals surface area (Å²) in [7, 11) is 0. The third-order valence-corrected chi connectivity index (χ3v) is 9.91. The third-order valence-electron chi connectivity index (χ3n) is 9.91. The molecule has 7 atom stereocenters. The first-order chi connectivity index (χ1) is 13.7. The van der Waals surface area contributed by atoms with Gasteiger partial charge in [-0.3, -0.25) is 4.79 Å². The second-order valence-electron chi connectivity index (χ2n) is 12.1. The Kier molecular flexibility index (Phi) is 5.82. The molecule has 0 unspecified atom stereocenters. The van der Waals surface area contributed by atoms with E-state index in [0.717, 1.165) is 25.2 Å². The molecule has 0 amide bonds. The largest absolute Gasteiger partial charge is 0.393 e. The number of ketones is 1. The van der Waals surface area contributed by atoms with Crippen molar-refractivity contribution in [3.8, 4) is 0 Å². The number of aliphatic hydroxyl groups excluding tert-OH is 1. The Morgan fingerprint density at radius 3 is 2.55 bits per heavy atom. The smallest absolute Gasteiger partial charge is 0.141 e. The van der Waals surface area contributed by atoms with E-state index >= 15 is 0 Å². The maximum absolute atomic E-state index is 13.3. The highest BCUT2D eigenvalue weighted by atomic mass is 16.3. The monoisotopic (exact) mass is 400 g/mol. The maximum atomic E-state index is 13.3. The van der Waals surface area contributed by atoms with E-state index in [1.807, 2.05) is 0 Å². The van der Waals surface area contributed by atoms with Crippen molar-refractivity contribution in [3.63, 3.8) is 0 Å². The van der Waals surface area contributed by atoms with Gasteiger partial charge in [-0.25, -0.2) is 0 Å². The van der Waals surface area contributed by atoms with E-state index in [0.29, 0.717) is 29.0 Å². The summed E-state index contributed by atoms with van der Waals surface area (Å²) in [4.78, 5) is 13.3. The number of carbonyl (C=O) groups is 1. The fourth-order valence-corrected chi connectivity index (χ4v) is 8.29. The molecule has 0 radical (unpaired) electrons. The molecule has 2 nitrogen and oxygen atoms in total. The van der Waals surface area contributed by atoms with Crippen LogP contribution in [0.5, 0.6) is 0 Å². The second-order valence-corrected chi connectivity index (χ2v) is 12.1. The highest BCUT2D eigenvalue weighted by Crippen LogP contribution is 2.65. The van der Waals surface area contributed by atoms with Crippen molar-refractivity contribution in [3.05, 3.63) is 11.1 Å². The van der Waals surface area contributed by atoms with Gasteiger partial charge in [0.25, 0.3) is 0 Å². The summed E-state index contributed by atoms with van der Waals surface area (Å²) in [6.45, 7) is 11.9. The highest BCUT2D eigenvalue weighted by Gasteiger charge is 2.57. The van der Waals surface area contributed by atoms with Gasteiger partial charge in [0.2, 0.25) is 0 Å². The molecule has 2 heteroatoms. The molecule has 0 aliphatic heterocycles. The van der Waals surface area contributed by atoms with Gasteiger partial charge in [0.15, 0.2) is 0 Å². The number of hydrogen-bond acceptors (Lipinski definition) is 2. The molecule has 164 valence electrons. The minimum Gasteiger partial charge on any atom is -0.393 e. The zero-order chi connectivity index (χ0) is 21.0. The van der Waals surface area contributed by atoms with E-state index in [1.54, 1.807) is 11.1 Å². The Hall–Kier alpha value is -0.630. The molecule has 0 aromatic carbocycles. The Balaban J connectivity index is 1.59. The topological polar surface area (TPSA) is 37.3 Å². The van der Waals surface area contributed by atoms with Crippen LogP contribution in [0.1, 0.15) is 105 Å². The van der Waals surface area contributed by atoms with Crippen LogP contribution in [0.25, 0.3) is 0 Å². The molecule has 1 N–H and O–H groups in total. The van der Waals surface area contributed by atoms with Crippen molar-refractivity contribution in [1.29, 1.82) is 0 Å². The maximum Gasteiger partial charge on any atom is 0.141 e. The van der Waals surface area contributed by atoms with Crippen LogP contribution < -0.4 is 0 Å². The van der Waals surface area contributed by atoms with E-state index in [1.165, 1.54) is 51.4 Å². The summed E-state index contributed by atoms with van der Waals surface area (Å²) in [5, 5.41) is 10.2. The van der Waals surface area contributed by atoms with Gasteiger partial charge in [0, 0.05) is 12.3 Å². The van der Waals surface area contributed by atoms with Crippen LogP contribution in [0.4, 0.5) is 0 Å². The number of Topliss-reactive ketones (excluding diaryl/α,β-unsaturated/α-hetero) is 1. The van der Waals surface area contributed by atoms with Gasteiger partial charge in [-0.15, -0.1) is 0 Å². The molecule has 0 spiro atoms. The molecule has 29 heavy (non-hydrogen) atoms. The Morgan fingerprint density at radius 2 is 1.83 bits per heavy atom. The molecule has 4 aliphatic carbocycles. The minimum atomic E-state index is -0.0831. The van der Waals surface area contributed by atoms with Crippen LogP contribution in [0.3, 0.4) is 0 Å². The molecular weight excluding hydrogens is 356 g/mol. The molecule has 0 bridgehead atoms. The second kappa shape index (κ2) is 7.81. The summed E-state index contributed by atoms with van der Waals surface area (Å²) < 4.78 is 0. The number of allylic oxidation sites excluding steroid dienone is 2. The van der Waals surface area contributed by atoms with E-state index in [9.17, 15) is 9.90 Å². The zero-order valence-electron chi connectivity index (χ0n) is 19.6. The van der Waals surface area contributed by atoms with E-state index in [2.05, 4.69) is 34.6 Å². The predicted octanol–water partition coefficient (Wildman–Crippen LogP) is 6.71. The summed E-state index contributed by atoms with van der Waals surface area (Å²) in [5.74, 6) is 3.40. The lowest BCUT2D eigenvalue weighted by atomic mass is 9.49. The van der Waals surface area contributed by atoms with Gasteiger partial charge in [-0.1, -0.05) is 58.6 Å². The normalized spacial score (nSPS) is 43.2. The van der Waals surface area contributed by atoms with Crippen LogP contribution >= 0.6 is 0 Å². The van der Waals surface area contributed by atoms with Crippen LogP contribution in [0.2, 0.25) is 0 Å². The van der Waals surface area contributed by atoms with Crippen molar-refractivity contribution in [2.45, 2.75) is 111 Å². The van der Waals surface area contributed by atoms with Crippen molar-refractivity contribution < 1.29 is 9.90 Å². The average molecular weight is 401 g/mol. The van der Waals surface area contributed by atoms with Crippen LogP contribution in [0.15, 0.2) is 11.1 Å². The third kappa shape index (κ3) is 3.56.